The minimum atomic E-state index is 0.827. The fraction of sp³-hybridized carbons (Fsp3) is 0.556. The molecule has 0 amide bonds. The van der Waals surface area contributed by atoms with E-state index in [0.717, 1.165) is 18.4 Å². The zero-order valence-electron chi connectivity index (χ0n) is 12.2. The summed E-state index contributed by atoms with van der Waals surface area (Å²) < 4.78 is 0. The molecule has 19 heavy (non-hydrogen) atoms. The van der Waals surface area contributed by atoms with Crippen molar-refractivity contribution in [2.24, 2.45) is 5.92 Å². The lowest BCUT2D eigenvalue weighted by Crippen LogP contribution is -2.41. The Hall–Kier alpha value is -1.08. The van der Waals surface area contributed by atoms with E-state index in [4.69, 9.17) is 0 Å². The molecule has 0 bridgehead atoms. The number of allylic oxidation sites excluding steroid dienone is 1. The van der Waals surface area contributed by atoms with E-state index in [1.807, 2.05) is 0 Å². The molecule has 1 aromatic rings. The van der Waals surface area contributed by atoms with Gasteiger partial charge < -0.3 is 0 Å². The monoisotopic (exact) mass is 255 g/mol. The molecule has 102 valence electrons. The first-order valence-corrected chi connectivity index (χ1v) is 7.67. The van der Waals surface area contributed by atoms with Crippen LogP contribution in [0.25, 0.3) is 0 Å². The number of piperidine rings is 1. The molecule has 0 aromatic heterocycles. The van der Waals surface area contributed by atoms with Crippen LogP contribution in [0.15, 0.2) is 35.9 Å². The third-order valence-corrected chi connectivity index (χ3v) is 4.81. The third-order valence-electron chi connectivity index (χ3n) is 4.81. The highest BCUT2D eigenvalue weighted by atomic mass is 15.1. The largest absolute Gasteiger partial charge is 0.299 e. The highest BCUT2D eigenvalue weighted by molar-refractivity contribution is 5.34. The summed E-state index contributed by atoms with van der Waals surface area (Å²) in [5.41, 5.74) is 4.71. The molecule has 1 heteroatoms. The quantitative estimate of drug-likeness (QED) is 0.722. The number of likely N-dealkylation sites (tertiary alicyclic amines) is 1. The zero-order chi connectivity index (χ0) is 13.2. The number of hydrogen-bond acceptors (Lipinski definition) is 1. The van der Waals surface area contributed by atoms with E-state index >= 15 is 0 Å². The summed E-state index contributed by atoms with van der Waals surface area (Å²) in [6.07, 6.45) is 6.39. The molecule has 1 aliphatic heterocycles. The Balaban J connectivity index is 1.71. The fourth-order valence-electron chi connectivity index (χ4n) is 3.75. The van der Waals surface area contributed by atoms with Gasteiger partial charge in [-0.1, -0.05) is 35.9 Å². The Labute approximate surface area is 117 Å². The summed E-state index contributed by atoms with van der Waals surface area (Å²) in [4.78, 5) is 2.64. The molecule has 0 N–H and O–H groups in total. The fourth-order valence-corrected chi connectivity index (χ4v) is 3.75. The van der Waals surface area contributed by atoms with Crippen molar-refractivity contribution in [1.82, 2.24) is 4.90 Å². The second-order valence-corrected chi connectivity index (χ2v) is 6.43. The lowest BCUT2D eigenvalue weighted by atomic mass is 9.71. The normalized spacial score (nSPS) is 26.4. The molecule has 2 atom stereocenters. The van der Waals surface area contributed by atoms with Gasteiger partial charge in [0, 0.05) is 13.1 Å². The predicted molar refractivity (Wildman–Crippen MR) is 81.5 cm³/mol. The lowest BCUT2D eigenvalue weighted by molar-refractivity contribution is 0.154. The van der Waals surface area contributed by atoms with Crippen LogP contribution in [0.5, 0.6) is 0 Å². The van der Waals surface area contributed by atoms with E-state index in [1.54, 1.807) is 11.1 Å². The molecule has 2 aliphatic rings. The Kier molecular flexibility index (Phi) is 3.74. The van der Waals surface area contributed by atoms with Gasteiger partial charge in [-0.15, -0.1) is 0 Å². The van der Waals surface area contributed by atoms with Crippen molar-refractivity contribution in [3.8, 4) is 0 Å². The molecular weight excluding hydrogens is 230 g/mol. The smallest absolute Gasteiger partial charge is 0.0165 e. The number of benzene rings is 1. The van der Waals surface area contributed by atoms with Crippen molar-refractivity contribution in [3.05, 3.63) is 47.0 Å². The highest BCUT2D eigenvalue weighted by Gasteiger charge is 2.33. The molecule has 3 rings (SSSR count). The van der Waals surface area contributed by atoms with Crippen molar-refractivity contribution >= 4 is 0 Å². The van der Waals surface area contributed by atoms with Gasteiger partial charge in [0.25, 0.3) is 0 Å². The summed E-state index contributed by atoms with van der Waals surface area (Å²) in [6, 6.07) is 9.12. The maximum Gasteiger partial charge on any atom is 0.0165 e. The van der Waals surface area contributed by atoms with Gasteiger partial charge in [0.05, 0.1) is 0 Å². The van der Waals surface area contributed by atoms with Crippen LogP contribution < -0.4 is 0 Å². The molecule has 1 saturated heterocycles. The average Bonchev–Trinajstić information content (AvgIpc) is 2.44. The molecule has 0 radical (unpaired) electrons. The van der Waals surface area contributed by atoms with Gasteiger partial charge in [-0.2, -0.15) is 0 Å². The summed E-state index contributed by atoms with van der Waals surface area (Å²) in [5.74, 6) is 1.71. The minimum absolute atomic E-state index is 0.827. The number of nitrogens with zero attached hydrogens (tertiary/aromatic N) is 1. The molecule has 2 unspecified atom stereocenters. The molecule has 1 aliphatic carbocycles. The second kappa shape index (κ2) is 5.50. The van der Waals surface area contributed by atoms with Crippen LogP contribution in [-0.4, -0.2) is 24.5 Å². The maximum absolute atomic E-state index is 2.64. The van der Waals surface area contributed by atoms with E-state index in [1.165, 1.54) is 37.9 Å². The zero-order valence-corrected chi connectivity index (χ0v) is 12.2. The molecule has 1 nitrogen and oxygen atoms in total. The third kappa shape index (κ3) is 2.76. The van der Waals surface area contributed by atoms with Crippen LogP contribution in [0.2, 0.25) is 0 Å². The van der Waals surface area contributed by atoms with Gasteiger partial charge in [-0.25, -0.2) is 0 Å². The first kappa shape index (κ1) is 12.9. The van der Waals surface area contributed by atoms with Crippen LogP contribution in [0.1, 0.15) is 43.7 Å². The van der Waals surface area contributed by atoms with Gasteiger partial charge in [-0.05, 0) is 62.6 Å². The van der Waals surface area contributed by atoms with Crippen molar-refractivity contribution in [2.45, 2.75) is 39.0 Å². The summed E-state index contributed by atoms with van der Waals surface area (Å²) in [7, 11) is 0. The van der Waals surface area contributed by atoms with Gasteiger partial charge >= 0.3 is 0 Å². The van der Waals surface area contributed by atoms with Crippen LogP contribution in [-0.2, 0) is 6.42 Å². The summed E-state index contributed by atoms with van der Waals surface area (Å²) in [5, 5.41) is 0. The summed E-state index contributed by atoms with van der Waals surface area (Å²) in [6.45, 7) is 8.10. The number of hydrogen-bond donors (Lipinski definition) is 0. The second-order valence-electron chi connectivity index (χ2n) is 6.43. The van der Waals surface area contributed by atoms with Gasteiger partial charge in [-0.3, -0.25) is 4.90 Å². The lowest BCUT2D eigenvalue weighted by Gasteiger charge is -2.42. The van der Waals surface area contributed by atoms with E-state index in [2.05, 4.69) is 49.1 Å². The average molecular weight is 255 g/mol. The summed E-state index contributed by atoms with van der Waals surface area (Å²) >= 11 is 0. The SMILES string of the molecule is CC(C)=CCN1CCC2c3ccccc3CCC2C1. The first-order chi connectivity index (χ1) is 9.24. The van der Waals surface area contributed by atoms with E-state index in [9.17, 15) is 0 Å². The topological polar surface area (TPSA) is 3.24 Å². The molecule has 1 fully saturated rings. The first-order valence-electron chi connectivity index (χ1n) is 7.67. The highest BCUT2D eigenvalue weighted by Crippen LogP contribution is 2.41. The van der Waals surface area contributed by atoms with Crippen LogP contribution in [0.3, 0.4) is 0 Å². The molecule has 1 heterocycles. The van der Waals surface area contributed by atoms with Crippen molar-refractivity contribution in [2.75, 3.05) is 19.6 Å². The van der Waals surface area contributed by atoms with Crippen molar-refractivity contribution in [1.29, 1.82) is 0 Å². The van der Waals surface area contributed by atoms with E-state index < -0.39 is 0 Å². The molecule has 1 aromatic carbocycles. The van der Waals surface area contributed by atoms with Crippen LogP contribution >= 0.6 is 0 Å². The molecule has 0 spiro atoms. The number of fused-ring (bicyclic) bond motifs is 3. The van der Waals surface area contributed by atoms with Crippen molar-refractivity contribution < 1.29 is 0 Å². The Bertz CT molecular complexity index is 470. The van der Waals surface area contributed by atoms with Gasteiger partial charge in [0.15, 0.2) is 0 Å². The number of rotatable bonds is 2. The van der Waals surface area contributed by atoms with E-state index in [-0.39, 0.29) is 0 Å². The Morgan fingerprint density at radius 2 is 2.11 bits per heavy atom. The Morgan fingerprint density at radius 3 is 2.95 bits per heavy atom. The van der Waals surface area contributed by atoms with Crippen molar-refractivity contribution in [3.63, 3.8) is 0 Å². The van der Waals surface area contributed by atoms with E-state index in [0.29, 0.717) is 0 Å². The standard InChI is InChI=1S/C18H25N/c1-14(2)9-11-19-12-10-18-16(13-19)8-7-15-5-3-4-6-17(15)18/h3-6,9,16,18H,7-8,10-13H2,1-2H3. The van der Waals surface area contributed by atoms with Gasteiger partial charge in [0.2, 0.25) is 0 Å². The maximum atomic E-state index is 2.64. The van der Waals surface area contributed by atoms with Crippen LogP contribution in [0, 0.1) is 5.92 Å². The molecule has 0 saturated carbocycles. The number of aryl methyl sites for hydroxylation is 1. The Morgan fingerprint density at radius 1 is 1.26 bits per heavy atom. The van der Waals surface area contributed by atoms with Crippen LogP contribution in [0.4, 0.5) is 0 Å². The molecular formula is C18H25N. The predicted octanol–water partition coefficient (Wildman–Crippen LogP) is 4.00. The van der Waals surface area contributed by atoms with Gasteiger partial charge in [0.1, 0.15) is 0 Å². The minimum Gasteiger partial charge on any atom is -0.299 e.